The molecule has 0 bridgehead atoms. The van der Waals surface area contributed by atoms with Crippen molar-refractivity contribution in [2.45, 2.75) is 12.3 Å². The Hall–Kier alpha value is -3.64. The van der Waals surface area contributed by atoms with Crippen LogP contribution in [0.2, 0.25) is 0 Å². The Morgan fingerprint density at radius 2 is 1.70 bits per heavy atom. The van der Waals surface area contributed by atoms with E-state index < -0.39 is 0 Å². The number of halogens is 1. The van der Waals surface area contributed by atoms with Crippen LogP contribution in [0.3, 0.4) is 0 Å². The zero-order chi connectivity index (χ0) is 22.9. The lowest BCUT2D eigenvalue weighted by Crippen LogP contribution is -2.28. The molecule has 2 amide bonds. The van der Waals surface area contributed by atoms with E-state index in [1.807, 2.05) is 66.7 Å². The van der Waals surface area contributed by atoms with Gasteiger partial charge in [0.2, 0.25) is 5.91 Å². The van der Waals surface area contributed by atoms with Gasteiger partial charge in [-0.15, -0.1) is 11.8 Å². The Balaban J connectivity index is 1.38. The van der Waals surface area contributed by atoms with Crippen LogP contribution in [-0.2, 0) is 4.79 Å². The lowest BCUT2D eigenvalue weighted by Gasteiger charge is -2.26. The van der Waals surface area contributed by atoms with Gasteiger partial charge in [-0.25, -0.2) is 4.39 Å². The average molecular weight is 457 g/mol. The zero-order valence-electron chi connectivity index (χ0n) is 17.9. The van der Waals surface area contributed by atoms with Crippen LogP contribution >= 0.6 is 11.8 Å². The number of hydrogen-bond donors (Lipinski definition) is 1. The van der Waals surface area contributed by atoms with E-state index in [1.165, 1.54) is 17.8 Å². The molecule has 4 aromatic carbocycles. The summed E-state index contributed by atoms with van der Waals surface area (Å²) in [6.07, 6.45) is 0. The molecule has 0 aromatic heterocycles. The molecule has 1 atom stereocenters. The fourth-order valence-electron chi connectivity index (χ4n) is 4.14. The van der Waals surface area contributed by atoms with E-state index in [2.05, 4.69) is 5.32 Å². The maximum Gasteiger partial charge on any atom is 0.256 e. The number of thioether (sulfide) groups is 1. The molecule has 1 fully saturated rings. The predicted molar refractivity (Wildman–Crippen MR) is 132 cm³/mol. The van der Waals surface area contributed by atoms with Crippen molar-refractivity contribution in [3.05, 3.63) is 107 Å². The first-order chi connectivity index (χ1) is 16.0. The summed E-state index contributed by atoms with van der Waals surface area (Å²) in [7, 11) is 0. The third-order valence-corrected chi connectivity index (χ3v) is 7.07. The first kappa shape index (κ1) is 21.2. The number of hydrogen-bond acceptors (Lipinski definition) is 3. The van der Waals surface area contributed by atoms with Crippen molar-refractivity contribution in [2.75, 3.05) is 16.0 Å². The van der Waals surface area contributed by atoms with Crippen molar-refractivity contribution in [3.63, 3.8) is 0 Å². The summed E-state index contributed by atoms with van der Waals surface area (Å²) in [5, 5.41) is 4.62. The van der Waals surface area contributed by atoms with E-state index in [4.69, 9.17) is 0 Å². The maximum absolute atomic E-state index is 14.1. The number of amides is 2. The number of carbonyl (C=O) groups excluding carboxylic acids is 2. The fourth-order valence-corrected chi connectivity index (χ4v) is 5.31. The van der Waals surface area contributed by atoms with E-state index in [9.17, 15) is 14.0 Å². The molecule has 4 nitrogen and oxygen atoms in total. The third kappa shape index (κ3) is 3.98. The van der Waals surface area contributed by atoms with Gasteiger partial charge in [0.1, 0.15) is 11.2 Å². The number of anilines is 2. The van der Waals surface area contributed by atoms with E-state index in [1.54, 1.807) is 24.0 Å². The smallest absolute Gasteiger partial charge is 0.256 e. The highest BCUT2D eigenvalue weighted by molar-refractivity contribution is 8.00. The summed E-state index contributed by atoms with van der Waals surface area (Å²) in [5.41, 5.74) is 3.24. The van der Waals surface area contributed by atoms with Gasteiger partial charge >= 0.3 is 0 Å². The standard InChI is InChI=1S/C27H21FN2O2S/c1-17-23(28)10-5-11-24(17)30-25(31)16-33-27(30)19-12-14-20(15-13-19)29-26(32)22-9-4-7-18-6-2-3-8-21(18)22/h2-15,27H,16H2,1H3,(H,29,32). The molecule has 1 unspecified atom stereocenters. The van der Waals surface area contributed by atoms with Gasteiger partial charge in [0.25, 0.3) is 5.91 Å². The van der Waals surface area contributed by atoms with Crippen LogP contribution in [-0.4, -0.2) is 17.6 Å². The van der Waals surface area contributed by atoms with Crippen molar-refractivity contribution in [1.29, 1.82) is 0 Å². The van der Waals surface area contributed by atoms with Crippen LogP contribution in [0.5, 0.6) is 0 Å². The van der Waals surface area contributed by atoms with Gasteiger partial charge in [0.05, 0.1) is 11.4 Å². The molecule has 1 aliphatic rings. The number of fused-ring (bicyclic) bond motifs is 1. The number of nitrogens with zero attached hydrogens (tertiary/aromatic N) is 1. The first-order valence-electron chi connectivity index (χ1n) is 10.6. The number of carbonyl (C=O) groups is 2. The van der Waals surface area contributed by atoms with Gasteiger partial charge in [-0.05, 0) is 53.6 Å². The van der Waals surface area contributed by atoms with Gasteiger partial charge < -0.3 is 5.32 Å². The summed E-state index contributed by atoms with van der Waals surface area (Å²) in [4.78, 5) is 27.2. The van der Waals surface area contributed by atoms with Crippen LogP contribution in [0.25, 0.3) is 10.8 Å². The van der Waals surface area contributed by atoms with E-state index in [0.29, 0.717) is 28.3 Å². The van der Waals surface area contributed by atoms with Gasteiger partial charge in [-0.3, -0.25) is 14.5 Å². The SMILES string of the molecule is Cc1c(F)cccc1N1C(=O)CSC1c1ccc(NC(=O)c2cccc3ccccc23)cc1. The van der Waals surface area contributed by atoms with Gasteiger partial charge in [-0.2, -0.15) is 0 Å². The molecule has 1 saturated heterocycles. The van der Waals surface area contributed by atoms with Crippen LogP contribution in [0.1, 0.15) is 26.9 Å². The fraction of sp³-hybridized carbons (Fsp3) is 0.111. The second-order valence-corrected chi connectivity index (χ2v) is 8.98. The van der Waals surface area contributed by atoms with E-state index >= 15 is 0 Å². The van der Waals surface area contributed by atoms with E-state index in [-0.39, 0.29) is 23.0 Å². The molecule has 1 N–H and O–H groups in total. The van der Waals surface area contributed by atoms with Crippen molar-refractivity contribution in [2.24, 2.45) is 0 Å². The number of nitrogens with one attached hydrogen (secondary N) is 1. The molecule has 6 heteroatoms. The van der Waals surface area contributed by atoms with Crippen molar-refractivity contribution >= 4 is 45.7 Å². The van der Waals surface area contributed by atoms with Gasteiger partial charge in [-0.1, -0.05) is 54.6 Å². The summed E-state index contributed by atoms with van der Waals surface area (Å²) in [5.74, 6) is -0.225. The molecule has 0 saturated carbocycles. The van der Waals surface area contributed by atoms with Crippen LogP contribution in [0.15, 0.2) is 84.9 Å². The molecule has 5 rings (SSSR count). The normalized spacial score (nSPS) is 15.8. The monoisotopic (exact) mass is 456 g/mol. The highest BCUT2D eigenvalue weighted by Crippen LogP contribution is 2.43. The summed E-state index contributed by atoms with van der Waals surface area (Å²) >= 11 is 1.51. The van der Waals surface area contributed by atoms with Crippen molar-refractivity contribution in [3.8, 4) is 0 Å². The highest BCUT2D eigenvalue weighted by atomic mass is 32.2. The summed E-state index contributed by atoms with van der Waals surface area (Å²) in [6, 6.07) is 25.7. The second-order valence-electron chi connectivity index (χ2n) is 7.91. The molecule has 0 aliphatic carbocycles. The van der Waals surface area contributed by atoms with Crippen LogP contribution in [0.4, 0.5) is 15.8 Å². The Morgan fingerprint density at radius 3 is 2.52 bits per heavy atom. The lowest BCUT2D eigenvalue weighted by molar-refractivity contribution is -0.115. The minimum Gasteiger partial charge on any atom is -0.322 e. The Labute approximate surface area is 195 Å². The second kappa shape index (κ2) is 8.71. The Morgan fingerprint density at radius 1 is 0.970 bits per heavy atom. The van der Waals surface area contributed by atoms with E-state index in [0.717, 1.165) is 16.3 Å². The third-order valence-electron chi connectivity index (χ3n) is 5.85. The molecule has 164 valence electrons. The highest BCUT2D eigenvalue weighted by Gasteiger charge is 2.35. The maximum atomic E-state index is 14.1. The van der Waals surface area contributed by atoms with Crippen molar-refractivity contribution < 1.29 is 14.0 Å². The quantitative estimate of drug-likeness (QED) is 0.391. The molecule has 1 aliphatic heterocycles. The van der Waals surface area contributed by atoms with Crippen LogP contribution in [0, 0.1) is 12.7 Å². The minimum atomic E-state index is -0.331. The summed E-state index contributed by atoms with van der Waals surface area (Å²) in [6.45, 7) is 1.68. The molecule has 0 radical (unpaired) electrons. The molecule has 33 heavy (non-hydrogen) atoms. The molecular formula is C27H21FN2O2S. The Kier molecular flexibility index (Phi) is 5.60. The number of benzene rings is 4. The number of rotatable bonds is 4. The molecule has 0 spiro atoms. The zero-order valence-corrected chi connectivity index (χ0v) is 18.7. The summed E-state index contributed by atoms with van der Waals surface area (Å²) < 4.78 is 14.1. The largest absolute Gasteiger partial charge is 0.322 e. The first-order valence-corrected chi connectivity index (χ1v) is 11.7. The molecular weight excluding hydrogens is 435 g/mol. The van der Waals surface area contributed by atoms with Crippen molar-refractivity contribution in [1.82, 2.24) is 0 Å². The topological polar surface area (TPSA) is 49.4 Å². The average Bonchev–Trinajstić information content (AvgIpc) is 3.22. The predicted octanol–water partition coefficient (Wildman–Crippen LogP) is 6.32. The minimum absolute atomic E-state index is 0.0490. The van der Waals surface area contributed by atoms with Crippen LogP contribution < -0.4 is 10.2 Å². The van der Waals surface area contributed by atoms with Gasteiger partial charge in [0.15, 0.2) is 0 Å². The Bertz CT molecular complexity index is 1370. The molecule has 4 aromatic rings. The lowest BCUT2D eigenvalue weighted by atomic mass is 10.0. The van der Waals surface area contributed by atoms with Gasteiger partial charge in [0, 0.05) is 16.8 Å². The molecule has 1 heterocycles.